The van der Waals surface area contributed by atoms with E-state index in [0.29, 0.717) is 5.56 Å². The van der Waals surface area contributed by atoms with Crippen LogP contribution >= 0.6 is 0 Å². The minimum Gasteiger partial charge on any atom is -0.511 e. The molecule has 1 aromatic rings. The molecule has 1 aliphatic rings. The van der Waals surface area contributed by atoms with Crippen molar-refractivity contribution in [2.45, 2.75) is 19.0 Å². The van der Waals surface area contributed by atoms with Gasteiger partial charge in [0.05, 0.1) is 5.56 Å². The quantitative estimate of drug-likeness (QED) is 0.643. The molecule has 146 valence electrons. The first-order valence-electron chi connectivity index (χ1n) is 7.97. The average molecular weight is 386 g/mol. The molecule has 0 aliphatic carbocycles. The molecule has 3 N–H and O–H groups in total. The highest BCUT2D eigenvalue weighted by atomic mass is 19.4. The molecule has 0 aromatic heterocycles. The first-order chi connectivity index (χ1) is 12.6. The molecule has 0 bridgehead atoms. The molecule has 0 atom stereocenters. The Balaban J connectivity index is 2.05. The molecule has 2 rings (SSSR count). The minimum absolute atomic E-state index is 0.00977. The van der Waals surface area contributed by atoms with Crippen LogP contribution < -0.4 is 5.32 Å². The molecule has 0 saturated carbocycles. The third kappa shape index (κ3) is 5.22. The van der Waals surface area contributed by atoms with Crippen LogP contribution in [0.2, 0.25) is 0 Å². The van der Waals surface area contributed by atoms with Crippen LogP contribution in [0.3, 0.4) is 0 Å². The fraction of sp³-hybridized carbons (Fsp3) is 0.353. The number of amides is 2. The Labute approximate surface area is 152 Å². The number of hydrogen-bond acceptors (Lipinski definition) is 4. The van der Waals surface area contributed by atoms with E-state index < -0.39 is 47.4 Å². The maximum Gasteiger partial charge on any atom is 0.416 e. The summed E-state index contributed by atoms with van der Waals surface area (Å²) >= 11 is 0. The second-order valence-electron chi connectivity index (χ2n) is 5.89. The normalized spacial score (nSPS) is 15.1. The van der Waals surface area contributed by atoms with Crippen LogP contribution in [0.4, 0.5) is 13.2 Å². The van der Waals surface area contributed by atoms with Gasteiger partial charge in [0.15, 0.2) is 0 Å². The van der Waals surface area contributed by atoms with Crippen LogP contribution in [-0.2, 0) is 27.0 Å². The lowest BCUT2D eigenvalue weighted by atomic mass is 10.0. The molecule has 1 heterocycles. The van der Waals surface area contributed by atoms with Crippen molar-refractivity contribution < 1.29 is 37.8 Å². The van der Waals surface area contributed by atoms with Crippen molar-refractivity contribution >= 4 is 17.8 Å². The minimum atomic E-state index is -4.47. The van der Waals surface area contributed by atoms with E-state index in [1.165, 1.54) is 17.0 Å². The largest absolute Gasteiger partial charge is 0.511 e. The van der Waals surface area contributed by atoms with Gasteiger partial charge < -0.3 is 20.4 Å². The van der Waals surface area contributed by atoms with Crippen molar-refractivity contribution in [2.75, 3.05) is 19.6 Å². The topological polar surface area (TPSA) is 107 Å². The number of benzene rings is 1. The highest BCUT2D eigenvalue weighted by molar-refractivity contribution is 6.19. The zero-order valence-corrected chi connectivity index (χ0v) is 14.0. The van der Waals surface area contributed by atoms with Gasteiger partial charge in [-0.05, 0) is 18.1 Å². The number of aliphatic hydroxyl groups is 1. The van der Waals surface area contributed by atoms with E-state index in [-0.39, 0.29) is 25.9 Å². The number of aliphatic hydroxyl groups excluding tert-OH is 1. The van der Waals surface area contributed by atoms with Crippen molar-refractivity contribution in [3.05, 3.63) is 46.7 Å². The Morgan fingerprint density at radius 3 is 2.59 bits per heavy atom. The van der Waals surface area contributed by atoms with Gasteiger partial charge in [-0.3, -0.25) is 14.4 Å². The van der Waals surface area contributed by atoms with E-state index in [9.17, 15) is 32.7 Å². The highest BCUT2D eigenvalue weighted by Crippen LogP contribution is 2.29. The second-order valence-corrected chi connectivity index (χ2v) is 5.89. The number of nitrogens with zero attached hydrogens (tertiary/aromatic N) is 1. The van der Waals surface area contributed by atoms with Crippen molar-refractivity contribution in [1.82, 2.24) is 10.2 Å². The standard InChI is InChI=1S/C17H17F3N2O5/c18-17(19,20)11-3-1-2-10(8-11)4-6-22-7-5-12(23)14(16(22)27)15(26)21-9-13(24)25/h1-3,8,23H,4-7,9H2,(H,21,26)(H,24,25). The number of alkyl halides is 3. The monoisotopic (exact) mass is 386 g/mol. The van der Waals surface area contributed by atoms with Gasteiger partial charge in [0.1, 0.15) is 17.9 Å². The molecule has 0 unspecified atom stereocenters. The molecule has 7 nitrogen and oxygen atoms in total. The molecular formula is C17H17F3N2O5. The predicted octanol–water partition coefficient (Wildman–Crippen LogP) is 1.49. The molecule has 1 aromatic carbocycles. The van der Waals surface area contributed by atoms with E-state index in [1.807, 2.05) is 5.32 Å². The Bertz CT molecular complexity index is 789. The van der Waals surface area contributed by atoms with Crippen molar-refractivity contribution in [1.29, 1.82) is 0 Å². The van der Waals surface area contributed by atoms with Crippen LogP contribution in [-0.4, -0.2) is 52.5 Å². The lowest BCUT2D eigenvalue weighted by Crippen LogP contribution is -2.44. The number of hydrogen-bond donors (Lipinski definition) is 3. The first-order valence-corrected chi connectivity index (χ1v) is 7.97. The smallest absolute Gasteiger partial charge is 0.416 e. The molecule has 27 heavy (non-hydrogen) atoms. The zero-order valence-electron chi connectivity index (χ0n) is 14.0. The molecule has 1 aliphatic heterocycles. The third-order valence-electron chi connectivity index (χ3n) is 3.96. The van der Waals surface area contributed by atoms with Crippen molar-refractivity contribution in [3.63, 3.8) is 0 Å². The van der Waals surface area contributed by atoms with Crippen molar-refractivity contribution in [2.24, 2.45) is 0 Å². The molecule has 0 radical (unpaired) electrons. The maximum absolute atomic E-state index is 12.8. The van der Waals surface area contributed by atoms with Crippen LogP contribution in [0.25, 0.3) is 0 Å². The Morgan fingerprint density at radius 2 is 1.96 bits per heavy atom. The van der Waals surface area contributed by atoms with Gasteiger partial charge in [-0.2, -0.15) is 13.2 Å². The number of carboxylic acid groups (broad SMARTS) is 1. The summed E-state index contributed by atoms with van der Waals surface area (Å²) in [6.45, 7) is -0.574. The van der Waals surface area contributed by atoms with E-state index in [0.717, 1.165) is 12.1 Å². The Morgan fingerprint density at radius 1 is 1.26 bits per heavy atom. The fourth-order valence-corrected chi connectivity index (χ4v) is 2.60. The summed E-state index contributed by atoms with van der Waals surface area (Å²) in [5.74, 6) is -3.57. The van der Waals surface area contributed by atoms with Gasteiger partial charge in [-0.15, -0.1) is 0 Å². The third-order valence-corrected chi connectivity index (χ3v) is 3.96. The summed E-state index contributed by atoms with van der Waals surface area (Å²) in [5, 5.41) is 20.4. The lowest BCUT2D eigenvalue weighted by molar-refractivity contribution is -0.138. The van der Waals surface area contributed by atoms with Crippen LogP contribution in [0.5, 0.6) is 0 Å². The summed E-state index contributed by atoms with van der Waals surface area (Å²) in [7, 11) is 0. The molecule has 0 spiro atoms. The number of rotatable bonds is 6. The summed E-state index contributed by atoms with van der Waals surface area (Å²) in [6.07, 6.45) is -4.36. The molecular weight excluding hydrogens is 369 g/mol. The average Bonchev–Trinajstić information content (AvgIpc) is 2.59. The van der Waals surface area contributed by atoms with Crippen molar-refractivity contribution in [3.8, 4) is 0 Å². The molecule has 0 saturated heterocycles. The number of halogens is 3. The van der Waals surface area contributed by atoms with E-state index in [2.05, 4.69) is 0 Å². The van der Waals surface area contributed by atoms with Gasteiger partial charge in [0.2, 0.25) is 0 Å². The van der Waals surface area contributed by atoms with Gasteiger partial charge >= 0.3 is 12.1 Å². The summed E-state index contributed by atoms with van der Waals surface area (Å²) in [6, 6.07) is 4.70. The first kappa shape index (κ1) is 20.3. The number of carboxylic acids is 1. The maximum atomic E-state index is 12.8. The fourth-order valence-electron chi connectivity index (χ4n) is 2.60. The van der Waals surface area contributed by atoms with Crippen LogP contribution in [0.1, 0.15) is 17.5 Å². The molecule has 2 amide bonds. The molecule has 0 fully saturated rings. The highest BCUT2D eigenvalue weighted by Gasteiger charge is 2.33. The molecule has 10 heteroatoms. The van der Waals surface area contributed by atoms with Crippen LogP contribution in [0, 0.1) is 0 Å². The summed E-state index contributed by atoms with van der Waals surface area (Å²) in [4.78, 5) is 36.1. The van der Waals surface area contributed by atoms with Gasteiger partial charge in [0.25, 0.3) is 11.8 Å². The van der Waals surface area contributed by atoms with Crippen LogP contribution in [0.15, 0.2) is 35.6 Å². The number of carbonyl (C=O) groups is 3. The number of aliphatic carboxylic acids is 1. The second kappa shape index (κ2) is 8.11. The summed E-state index contributed by atoms with van der Waals surface area (Å²) < 4.78 is 38.3. The van der Waals surface area contributed by atoms with E-state index in [1.54, 1.807) is 0 Å². The van der Waals surface area contributed by atoms with Gasteiger partial charge in [0, 0.05) is 19.5 Å². The Hall–Kier alpha value is -3.04. The number of nitrogens with one attached hydrogen (secondary N) is 1. The van der Waals surface area contributed by atoms with Gasteiger partial charge in [-0.25, -0.2) is 0 Å². The predicted molar refractivity (Wildman–Crippen MR) is 86.6 cm³/mol. The van der Waals surface area contributed by atoms with E-state index >= 15 is 0 Å². The lowest BCUT2D eigenvalue weighted by Gasteiger charge is -2.28. The van der Waals surface area contributed by atoms with Gasteiger partial charge in [-0.1, -0.05) is 18.2 Å². The zero-order chi connectivity index (χ0) is 20.2. The Kier molecular flexibility index (Phi) is 6.09. The van der Waals surface area contributed by atoms with E-state index in [4.69, 9.17) is 5.11 Å². The summed E-state index contributed by atoms with van der Waals surface area (Å²) in [5.41, 5.74) is -0.976. The SMILES string of the molecule is O=C(O)CNC(=O)C1=C(O)CCN(CCc2cccc(C(F)(F)F)c2)C1=O. The number of carbonyl (C=O) groups excluding carboxylic acids is 2.